The molecule has 0 aromatic heterocycles. The minimum Gasteiger partial charge on any atom is -0.356 e. The molecule has 0 spiro atoms. The van der Waals surface area contributed by atoms with Gasteiger partial charge in [0.05, 0.1) is 5.75 Å². The number of halogens is 1. The Morgan fingerprint density at radius 2 is 1.83 bits per heavy atom. The second-order valence-corrected chi connectivity index (χ2v) is 8.09. The number of amides is 2. The summed E-state index contributed by atoms with van der Waals surface area (Å²) in [6.07, 6.45) is 0.976. The van der Waals surface area contributed by atoms with Crippen molar-refractivity contribution in [2.24, 2.45) is 0 Å². The molecule has 128 valence electrons. The zero-order valence-corrected chi connectivity index (χ0v) is 15.4. The van der Waals surface area contributed by atoms with E-state index in [1.165, 1.54) is 0 Å². The van der Waals surface area contributed by atoms with Crippen LogP contribution in [0.15, 0.2) is 28.7 Å². The van der Waals surface area contributed by atoms with E-state index in [1.807, 2.05) is 6.92 Å². The van der Waals surface area contributed by atoms with Crippen molar-refractivity contribution in [1.29, 1.82) is 0 Å². The van der Waals surface area contributed by atoms with Gasteiger partial charge in [0.25, 0.3) is 0 Å². The summed E-state index contributed by atoms with van der Waals surface area (Å²) in [5.74, 6) is -1.54. The molecule has 0 radical (unpaired) electrons. The molecule has 1 rings (SSSR count). The first-order valence-corrected chi connectivity index (χ1v) is 9.92. The Hall–Kier alpha value is -1.41. The summed E-state index contributed by atoms with van der Waals surface area (Å²) in [4.78, 5) is 23.0. The Labute approximate surface area is 145 Å². The number of carbonyl (C=O) groups excluding carboxylic acids is 2. The fraction of sp³-hybridized carbons (Fsp3) is 0.467. The van der Waals surface area contributed by atoms with E-state index < -0.39 is 21.5 Å². The van der Waals surface area contributed by atoms with Crippen LogP contribution in [0.3, 0.4) is 0 Å². The van der Waals surface area contributed by atoms with Gasteiger partial charge >= 0.3 is 0 Å². The second kappa shape index (κ2) is 9.67. The number of nitrogens with one attached hydrogen (secondary N) is 2. The standard InChI is InChI=1S/C15H21BrN2O4S/c1-2-7-17-14(19)6-8-18-15(20)11-23(21,22)10-12-4-3-5-13(16)9-12/h3-5,9H,2,6-8,10-11H2,1H3,(H,17,19)(H,18,20). The van der Waals surface area contributed by atoms with Crippen LogP contribution in [-0.2, 0) is 25.2 Å². The van der Waals surface area contributed by atoms with Crippen molar-refractivity contribution >= 4 is 37.6 Å². The molecule has 0 bridgehead atoms. The first-order valence-electron chi connectivity index (χ1n) is 7.30. The molecule has 0 aliphatic carbocycles. The van der Waals surface area contributed by atoms with Crippen LogP contribution in [0.5, 0.6) is 0 Å². The van der Waals surface area contributed by atoms with E-state index in [1.54, 1.807) is 24.3 Å². The molecular formula is C15H21BrN2O4S. The summed E-state index contributed by atoms with van der Waals surface area (Å²) in [7, 11) is -3.55. The normalized spacial score (nSPS) is 11.0. The van der Waals surface area contributed by atoms with Gasteiger partial charge in [-0.15, -0.1) is 0 Å². The molecular weight excluding hydrogens is 384 g/mol. The van der Waals surface area contributed by atoms with Gasteiger partial charge in [-0.05, 0) is 24.1 Å². The Morgan fingerprint density at radius 1 is 1.13 bits per heavy atom. The first-order chi connectivity index (χ1) is 10.8. The SMILES string of the molecule is CCCNC(=O)CCNC(=O)CS(=O)(=O)Cc1cccc(Br)c1. The van der Waals surface area contributed by atoms with Crippen molar-refractivity contribution < 1.29 is 18.0 Å². The molecule has 0 atom stereocenters. The van der Waals surface area contributed by atoms with Crippen LogP contribution in [0.4, 0.5) is 0 Å². The lowest BCUT2D eigenvalue weighted by Crippen LogP contribution is -2.34. The average molecular weight is 405 g/mol. The van der Waals surface area contributed by atoms with E-state index in [0.29, 0.717) is 12.1 Å². The fourth-order valence-corrected chi connectivity index (χ4v) is 3.59. The summed E-state index contributed by atoms with van der Waals surface area (Å²) in [5, 5.41) is 5.13. The van der Waals surface area contributed by atoms with E-state index in [9.17, 15) is 18.0 Å². The molecule has 0 heterocycles. The molecule has 23 heavy (non-hydrogen) atoms. The molecule has 1 aromatic carbocycles. The van der Waals surface area contributed by atoms with Gasteiger partial charge in [0.15, 0.2) is 9.84 Å². The monoisotopic (exact) mass is 404 g/mol. The quantitative estimate of drug-likeness (QED) is 0.650. The highest BCUT2D eigenvalue weighted by Gasteiger charge is 2.17. The smallest absolute Gasteiger partial charge is 0.235 e. The van der Waals surface area contributed by atoms with Crippen LogP contribution >= 0.6 is 15.9 Å². The lowest BCUT2D eigenvalue weighted by Gasteiger charge is -2.07. The van der Waals surface area contributed by atoms with Crippen molar-refractivity contribution in [3.63, 3.8) is 0 Å². The molecule has 1 aromatic rings. The van der Waals surface area contributed by atoms with Gasteiger partial charge < -0.3 is 10.6 Å². The van der Waals surface area contributed by atoms with Gasteiger partial charge in [-0.25, -0.2) is 8.42 Å². The van der Waals surface area contributed by atoms with E-state index in [-0.39, 0.29) is 24.6 Å². The molecule has 0 aliphatic rings. The predicted molar refractivity (Wildman–Crippen MR) is 92.6 cm³/mol. The van der Waals surface area contributed by atoms with Gasteiger partial charge in [-0.3, -0.25) is 9.59 Å². The summed E-state index contributed by atoms with van der Waals surface area (Å²) >= 11 is 3.27. The third-order valence-electron chi connectivity index (χ3n) is 2.87. The van der Waals surface area contributed by atoms with Gasteiger partial charge in [0.2, 0.25) is 11.8 Å². The largest absolute Gasteiger partial charge is 0.356 e. The molecule has 0 unspecified atom stereocenters. The Morgan fingerprint density at radius 3 is 2.48 bits per heavy atom. The van der Waals surface area contributed by atoms with Crippen molar-refractivity contribution in [1.82, 2.24) is 10.6 Å². The fourth-order valence-electron chi connectivity index (χ4n) is 1.85. The maximum absolute atomic E-state index is 12.0. The molecule has 0 saturated carbocycles. The maximum Gasteiger partial charge on any atom is 0.235 e. The van der Waals surface area contributed by atoms with Gasteiger partial charge in [-0.2, -0.15) is 0 Å². The molecule has 0 fully saturated rings. The Bertz CT molecular complexity index is 647. The highest BCUT2D eigenvalue weighted by molar-refractivity contribution is 9.10. The van der Waals surface area contributed by atoms with Gasteiger partial charge in [-0.1, -0.05) is 35.0 Å². The maximum atomic E-state index is 12.0. The molecule has 2 N–H and O–H groups in total. The third kappa shape index (κ3) is 8.71. The lowest BCUT2D eigenvalue weighted by atomic mass is 10.2. The lowest BCUT2D eigenvalue weighted by molar-refractivity contribution is -0.121. The number of hydrogen-bond acceptors (Lipinski definition) is 4. The van der Waals surface area contributed by atoms with Crippen LogP contribution in [0.1, 0.15) is 25.3 Å². The molecule has 8 heteroatoms. The first kappa shape index (κ1) is 19.6. The Kier molecular flexibility index (Phi) is 8.25. The summed E-state index contributed by atoms with van der Waals surface area (Å²) in [6.45, 7) is 2.66. The number of hydrogen-bond donors (Lipinski definition) is 2. The topological polar surface area (TPSA) is 92.3 Å². The van der Waals surface area contributed by atoms with Crippen molar-refractivity contribution in [2.75, 3.05) is 18.8 Å². The van der Waals surface area contributed by atoms with Crippen LogP contribution in [0, 0.1) is 0 Å². The summed E-state index contributed by atoms with van der Waals surface area (Å²) in [6, 6.07) is 6.93. The van der Waals surface area contributed by atoms with Crippen molar-refractivity contribution in [3.8, 4) is 0 Å². The van der Waals surface area contributed by atoms with Crippen molar-refractivity contribution in [2.45, 2.75) is 25.5 Å². The van der Waals surface area contributed by atoms with Crippen LogP contribution in [0.25, 0.3) is 0 Å². The third-order valence-corrected chi connectivity index (χ3v) is 4.84. The molecule has 2 amide bonds. The van der Waals surface area contributed by atoms with E-state index in [0.717, 1.165) is 10.9 Å². The van der Waals surface area contributed by atoms with Crippen molar-refractivity contribution in [3.05, 3.63) is 34.3 Å². The number of carbonyl (C=O) groups is 2. The zero-order chi connectivity index (χ0) is 17.3. The zero-order valence-electron chi connectivity index (χ0n) is 13.0. The van der Waals surface area contributed by atoms with E-state index in [4.69, 9.17) is 0 Å². The van der Waals surface area contributed by atoms with Gasteiger partial charge in [0, 0.05) is 24.0 Å². The predicted octanol–water partition coefficient (Wildman–Crippen LogP) is 1.40. The molecule has 0 saturated heterocycles. The van der Waals surface area contributed by atoms with Crippen LogP contribution in [-0.4, -0.2) is 39.1 Å². The highest BCUT2D eigenvalue weighted by Crippen LogP contribution is 2.14. The summed E-state index contributed by atoms with van der Waals surface area (Å²) in [5.41, 5.74) is 0.617. The number of benzene rings is 1. The summed E-state index contributed by atoms with van der Waals surface area (Å²) < 4.78 is 24.8. The number of sulfone groups is 1. The van der Waals surface area contributed by atoms with Gasteiger partial charge in [0.1, 0.15) is 5.75 Å². The molecule has 0 aliphatic heterocycles. The molecule has 6 nitrogen and oxygen atoms in total. The van der Waals surface area contributed by atoms with E-state index in [2.05, 4.69) is 26.6 Å². The van der Waals surface area contributed by atoms with E-state index >= 15 is 0 Å². The Balaban J connectivity index is 2.39. The minimum absolute atomic E-state index is 0.126. The second-order valence-electron chi connectivity index (χ2n) is 5.11. The highest BCUT2D eigenvalue weighted by atomic mass is 79.9. The minimum atomic E-state index is -3.55. The average Bonchev–Trinajstić information content (AvgIpc) is 2.43. The van der Waals surface area contributed by atoms with Crippen LogP contribution in [0.2, 0.25) is 0 Å². The number of rotatable bonds is 9. The van der Waals surface area contributed by atoms with Crippen LogP contribution < -0.4 is 10.6 Å².